The lowest BCUT2D eigenvalue weighted by Gasteiger charge is -2.26. The molecule has 0 atom stereocenters. The number of benzene rings is 3. The Bertz CT molecular complexity index is 1710. The highest BCUT2D eigenvalue weighted by molar-refractivity contribution is 5.87. The van der Waals surface area contributed by atoms with Gasteiger partial charge in [-0.05, 0) is 111 Å². The summed E-state index contributed by atoms with van der Waals surface area (Å²) in [5.41, 5.74) is 3.66. The zero-order valence-electron chi connectivity index (χ0n) is 32.3. The molecule has 292 valence electrons. The molecular weight excluding hydrogens is 690 g/mol. The molecule has 1 fully saturated rings. The zero-order chi connectivity index (χ0) is 39.4. The Morgan fingerprint density at radius 3 is 1.70 bits per heavy atom. The van der Waals surface area contributed by atoms with Crippen LogP contribution in [-0.2, 0) is 31.9 Å². The van der Waals surface area contributed by atoms with Crippen LogP contribution < -0.4 is 4.74 Å². The van der Waals surface area contributed by atoms with Crippen LogP contribution >= 0.6 is 0 Å². The Morgan fingerprint density at radius 2 is 1.24 bits per heavy atom. The quantitative estimate of drug-likeness (QED) is 0.0716. The maximum Gasteiger partial charge on any atom is 0.333 e. The van der Waals surface area contributed by atoms with E-state index < -0.39 is 29.0 Å². The summed E-state index contributed by atoms with van der Waals surface area (Å²) in [6, 6.07) is 14.5. The molecule has 0 saturated heterocycles. The monoisotopic (exact) mass is 746 g/mol. The first kappa shape index (κ1) is 42.4. The molecule has 0 amide bonds. The number of hydrogen-bond acceptors (Lipinski definition) is 7. The first-order valence-corrected chi connectivity index (χ1v) is 19.0. The predicted molar refractivity (Wildman–Crippen MR) is 208 cm³/mol. The fourth-order valence-electron chi connectivity index (χ4n) is 6.70. The van der Waals surface area contributed by atoms with Crippen LogP contribution in [-0.4, -0.2) is 55.2 Å². The van der Waals surface area contributed by atoms with Crippen LogP contribution in [0.5, 0.6) is 5.75 Å². The normalized spacial score (nSPS) is 15.8. The summed E-state index contributed by atoms with van der Waals surface area (Å²) in [5, 5.41) is 19.7. The van der Waals surface area contributed by atoms with Crippen LogP contribution in [0, 0.1) is 23.0 Å². The number of ether oxygens (including phenoxy) is 3. The third-order valence-electron chi connectivity index (χ3n) is 10.4. The molecule has 1 aliphatic rings. The van der Waals surface area contributed by atoms with Gasteiger partial charge in [-0.25, -0.2) is 18.4 Å². The number of carbonyl (C=O) groups is 2. The number of aryl methyl sites for hydroxylation is 2. The molecule has 9 heteroatoms. The van der Waals surface area contributed by atoms with Crippen LogP contribution in [0.15, 0.2) is 72.8 Å². The Labute approximate surface area is 319 Å². The lowest BCUT2D eigenvalue weighted by Crippen LogP contribution is -2.28. The van der Waals surface area contributed by atoms with Crippen LogP contribution in [0.25, 0.3) is 22.3 Å². The van der Waals surface area contributed by atoms with Gasteiger partial charge in [-0.15, -0.1) is 0 Å². The number of rotatable bonds is 19. The van der Waals surface area contributed by atoms with Crippen LogP contribution in [0.4, 0.5) is 8.78 Å². The number of aliphatic hydroxyl groups excluding tert-OH is 2. The van der Waals surface area contributed by atoms with Crippen LogP contribution in [0.1, 0.15) is 95.2 Å². The molecule has 7 nitrogen and oxygen atoms in total. The molecule has 1 aliphatic carbocycles. The van der Waals surface area contributed by atoms with E-state index in [4.69, 9.17) is 14.2 Å². The van der Waals surface area contributed by atoms with Gasteiger partial charge in [-0.2, -0.15) is 0 Å². The van der Waals surface area contributed by atoms with Crippen molar-refractivity contribution in [2.24, 2.45) is 11.3 Å². The molecule has 0 unspecified atom stereocenters. The molecule has 3 aromatic rings. The first-order chi connectivity index (χ1) is 25.8. The number of hydrogen-bond donors (Lipinski definition) is 2. The van der Waals surface area contributed by atoms with Gasteiger partial charge in [0.15, 0.2) is 11.6 Å². The first-order valence-electron chi connectivity index (χ1n) is 19.0. The number of esters is 2. The summed E-state index contributed by atoms with van der Waals surface area (Å²) in [6.07, 6.45) is 6.56. The predicted octanol–water partition coefficient (Wildman–Crippen LogP) is 9.46. The summed E-state index contributed by atoms with van der Waals surface area (Å²) >= 11 is 0. The van der Waals surface area contributed by atoms with Crippen molar-refractivity contribution in [2.45, 2.75) is 91.4 Å². The largest absolute Gasteiger partial charge is 0.493 e. The molecule has 0 bridgehead atoms. The van der Waals surface area contributed by atoms with Crippen molar-refractivity contribution >= 4 is 11.9 Å². The summed E-state index contributed by atoms with van der Waals surface area (Å²) in [7, 11) is 0. The number of carbonyl (C=O) groups excluding carboxylic acids is 2. The van der Waals surface area contributed by atoms with E-state index in [0.29, 0.717) is 66.0 Å². The Hall–Kier alpha value is -4.34. The van der Waals surface area contributed by atoms with Crippen LogP contribution in [0.3, 0.4) is 0 Å². The number of aliphatic hydroxyl groups is 2. The van der Waals surface area contributed by atoms with Crippen molar-refractivity contribution in [1.29, 1.82) is 0 Å². The maximum absolute atomic E-state index is 16.2. The van der Waals surface area contributed by atoms with Gasteiger partial charge in [-0.1, -0.05) is 76.2 Å². The van der Waals surface area contributed by atoms with E-state index in [2.05, 4.69) is 20.1 Å². The van der Waals surface area contributed by atoms with Gasteiger partial charge in [0.1, 0.15) is 5.75 Å². The minimum atomic E-state index is -0.976. The Kier molecular flexibility index (Phi) is 15.6. The molecule has 2 N–H and O–H groups in total. The van der Waals surface area contributed by atoms with Crippen molar-refractivity contribution in [3.8, 4) is 28.0 Å². The topological polar surface area (TPSA) is 102 Å². The van der Waals surface area contributed by atoms with E-state index in [1.54, 1.807) is 45.0 Å². The highest BCUT2D eigenvalue weighted by Crippen LogP contribution is 2.39. The van der Waals surface area contributed by atoms with E-state index >= 15 is 8.78 Å². The van der Waals surface area contributed by atoms with E-state index in [1.807, 2.05) is 24.3 Å². The third-order valence-corrected chi connectivity index (χ3v) is 10.4. The highest BCUT2D eigenvalue weighted by atomic mass is 19.2. The molecule has 0 aromatic heterocycles. The average Bonchev–Trinajstić information content (AvgIpc) is 3.16. The summed E-state index contributed by atoms with van der Waals surface area (Å²) in [5.74, 6) is -1.19. The molecule has 0 radical (unpaired) electrons. The lowest BCUT2D eigenvalue weighted by molar-refractivity contribution is -0.139. The Balaban J connectivity index is 1.69. The van der Waals surface area contributed by atoms with Gasteiger partial charge < -0.3 is 24.4 Å². The second-order valence-electron chi connectivity index (χ2n) is 15.3. The highest BCUT2D eigenvalue weighted by Gasteiger charge is 2.25. The van der Waals surface area contributed by atoms with Gasteiger partial charge in [0, 0.05) is 27.7 Å². The SMILES string of the molecule is C=C(C)C(=O)OCCCc1cc(-c2ccc(-c3ccc(C4CCC(C)CC4)cc3)c(F)c2F)cc(CCCOC(=O)C(=C)C)c1OCCC(C)(CO)CO. The van der Waals surface area contributed by atoms with E-state index in [9.17, 15) is 19.8 Å². The van der Waals surface area contributed by atoms with E-state index in [0.717, 1.165) is 18.8 Å². The summed E-state index contributed by atoms with van der Waals surface area (Å²) in [6.45, 7) is 14.3. The van der Waals surface area contributed by atoms with Gasteiger partial charge in [0.2, 0.25) is 0 Å². The van der Waals surface area contributed by atoms with Crippen molar-refractivity contribution < 1.29 is 42.8 Å². The van der Waals surface area contributed by atoms with Crippen LogP contribution in [0.2, 0.25) is 0 Å². The average molecular weight is 747 g/mol. The fraction of sp³-hybridized carbons (Fsp3) is 0.467. The van der Waals surface area contributed by atoms with Gasteiger partial charge in [0.25, 0.3) is 0 Å². The van der Waals surface area contributed by atoms with Gasteiger partial charge in [0.05, 0.1) is 33.0 Å². The molecule has 0 spiro atoms. The van der Waals surface area contributed by atoms with Crippen molar-refractivity contribution in [2.75, 3.05) is 33.0 Å². The third kappa shape index (κ3) is 11.3. The second-order valence-corrected chi connectivity index (χ2v) is 15.3. The molecule has 1 saturated carbocycles. The fourth-order valence-corrected chi connectivity index (χ4v) is 6.70. The molecule has 0 heterocycles. The smallest absolute Gasteiger partial charge is 0.333 e. The zero-order valence-corrected chi connectivity index (χ0v) is 32.3. The van der Waals surface area contributed by atoms with Crippen molar-refractivity contribution in [3.05, 3.63) is 101 Å². The molecular formula is C45H56F2O7. The van der Waals surface area contributed by atoms with Gasteiger partial charge >= 0.3 is 11.9 Å². The maximum atomic E-state index is 16.2. The Morgan fingerprint density at radius 1 is 0.759 bits per heavy atom. The summed E-state index contributed by atoms with van der Waals surface area (Å²) < 4.78 is 49.1. The minimum Gasteiger partial charge on any atom is -0.493 e. The molecule has 54 heavy (non-hydrogen) atoms. The van der Waals surface area contributed by atoms with E-state index in [1.165, 1.54) is 18.4 Å². The van der Waals surface area contributed by atoms with Crippen molar-refractivity contribution in [1.82, 2.24) is 0 Å². The molecule has 4 rings (SSSR count). The second kappa shape index (κ2) is 19.8. The minimum absolute atomic E-state index is 0.0776. The van der Waals surface area contributed by atoms with Crippen molar-refractivity contribution in [3.63, 3.8) is 0 Å². The molecule has 3 aromatic carbocycles. The summed E-state index contributed by atoms with van der Waals surface area (Å²) in [4.78, 5) is 24.1. The standard InChI is InChI=1S/C45H56F2O7/c1-29(2)43(50)53-22-7-9-35-25-37(26-36(10-8-23-54-44(51)30(3)4)42(35)52-24-21-45(6,27-48)28-49)39-20-19-38(40(46)41(39)47)34-17-15-33(16-18-34)32-13-11-31(5)12-14-32/h15-20,25-26,31-32,48-49H,1,3,7-14,21-24,27-28H2,2,4-6H3. The lowest BCUT2D eigenvalue weighted by atomic mass is 9.79. The van der Waals surface area contributed by atoms with E-state index in [-0.39, 0.29) is 55.3 Å². The molecule has 0 aliphatic heterocycles. The van der Waals surface area contributed by atoms with Gasteiger partial charge in [-0.3, -0.25) is 0 Å². The number of halogens is 2.